The first-order valence-electron chi connectivity index (χ1n) is 4.99. The van der Waals surface area contributed by atoms with Crippen molar-refractivity contribution in [1.82, 2.24) is 0 Å². The van der Waals surface area contributed by atoms with E-state index in [0.29, 0.717) is 13.0 Å². The highest BCUT2D eigenvalue weighted by atomic mass is 16.5. The van der Waals surface area contributed by atoms with Crippen LogP contribution < -0.4 is 9.64 Å². The lowest BCUT2D eigenvalue weighted by Crippen LogP contribution is -2.09. The minimum absolute atomic E-state index is 0.152. The van der Waals surface area contributed by atoms with E-state index in [4.69, 9.17) is 4.74 Å². The predicted molar refractivity (Wildman–Crippen MR) is 61.6 cm³/mol. The van der Waals surface area contributed by atoms with Gasteiger partial charge in [0.2, 0.25) is 0 Å². The molecule has 0 aliphatic rings. The van der Waals surface area contributed by atoms with Crippen molar-refractivity contribution in [2.24, 2.45) is 0 Å². The van der Waals surface area contributed by atoms with Gasteiger partial charge in [0, 0.05) is 32.3 Å². The Morgan fingerprint density at radius 3 is 2.73 bits per heavy atom. The summed E-state index contributed by atoms with van der Waals surface area (Å²) in [7, 11) is 3.96. The smallest absolute Gasteiger partial charge is 0.133 e. The van der Waals surface area contributed by atoms with E-state index >= 15 is 0 Å². The van der Waals surface area contributed by atoms with Crippen LogP contribution in [0.4, 0.5) is 5.69 Å². The van der Waals surface area contributed by atoms with E-state index in [1.54, 1.807) is 6.92 Å². The fourth-order valence-corrected chi connectivity index (χ4v) is 1.16. The molecule has 15 heavy (non-hydrogen) atoms. The second kappa shape index (κ2) is 5.39. The average molecular weight is 207 g/mol. The monoisotopic (exact) mass is 207 g/mol. The predicted octanol–water partition coefficient (Wildman–Crippen LogP) is 2.11. The summed E-state index contributed by atoms with van der Waals surface area (Å²) in [6.07, 6.45) is 0.464. The van der Waals surface area contributed by atoms with E-state index < -0.39 is 0 Å². The Balaban J connectivity index is 2.54. The molecule has 82 valence electrons. The molecule has 1 rings (SSSR count). The van der Waals surface area contributed by atoms with Crippen LogP contribution >= 0.6 is 0 Å². The summed E-state index contributed by atoms with van der Waals surface area (Å²) in [6.45, 7) is 2.02. The van der Waals surface area contributed by atoms with Gasteiger partial charge in [-0.05, 0) is 19.1 Å². The van der Waals surface area contributed by atoms with Gasteiger partial charge >= 0.3 is 0 Å². The van der Waals surface area contributed by atoms with Crippen LogP contribution in [0.25, 0.3) is 0 Å². The molecule has 0 fully saturated rings. The minimum Gasteiger partial charge on any atom is -0.493 e. The van der Waals surface area contributed by atoms with Crippen LogP contribution in [0.1, 0.15) is 13.3 Å². The lowest BCUT2D eigenvalue weighted by Gasteiger charge is -2.13. The van der Waals surface area contributed by atoms with Gasteiger partial charge in [0.25, 0.3) is 0 Å². The molecule has 0 saturated heterocycles. The zero-order valence-electron chi connectivity index (χ0n) is 9.49. The minimum atomic E-state index is 0.152. The molecular formula is C12H17NO2. The second-order valence-electron chi connectivity index (χ2n) is 3.69. The molecule has 3 nitrogen and oxygen atoms in total. The van der Waals surface area contributed by atoms with Gasteiger partial charge in [-0.1, -0.05) is 6.07 Å². The van der Waals surface area contributed by atoms with Gasteiger partial charge in [-0.3, -0.25) is 4.79 Å². The summed E-state index contributed by atoms with van der Waals surface area (Å²) in [5.41, 5.74) is 1.09. The molecule has 0 amide bonds. The van der Waals surface area contributed by atoms with Crippen LogP contribution in [0.5, 0.6) is 5.75 Å². The number of Topliss-reactive ketones (excluding diaryl/α,β-unsaturated/α-hetero) is 1. The molecule has 0 bridgehead atoms. The topological polar surface area (TPSA) is 29.5 Å². The highest BCUT2D eigenvalue weighted by Gasteiger charge is 1.99. The van der Waals surface area contributed by atoms with Gasteiger partial charge in [0.05, 0.1) is 6.61 Å². The normalized spacial score (nSPS) is 9.80. The van der Waals surface area contributed by atoms with Crippen LogP contribution in [0.2, 0.25) is 0 Å². The van der Waals surface area contributed by atoms with Gasteiger partial charge in [0.1, 0.15) is 11.5 Å². The Bertz CT molecular complexity index is 334. The zero-order valence-corrected chi connectivity index (χ0v) is 9.49. The number of ether oxygens (including phenoxy) is 1. The molecule has 1 aromatic rings. The fourth-order valence-electron chi connectivity index (χ4n) is 1.16. The van der Waals surface area contributed by atoms with E-state index in [9.17, 15) is 4.79 Å². The molecular weight excluding hydrogens is 190 g/mol. The highest BCUT2D eigenvalue weighted by molar-refractivity contribution is 5.75. The maximum Gasteiger partial charge on any atom is 0.133 e. The standard InChI is InChI=1S/C12H17NO2/c1-10(14)7-8-15-12-6-4-5-11(9-12)13(2)3/h4-6,9H,7-8H2,1-3H3. The lowest BCUT2D eigenvalue weighted by molar-refractivity contribution is -0.117. The molecule has 0 spiro atoms. The number of benzene rings is 1. The number of rotatable bonds is 5. The van der Waals surface area contributed by atoms with Crippen LogP contribution in [-0.2, 0) is 4.79 Å². The van der Waals surface area contributed by atoms with Gasteiger partial charge in [0.15, 0.2) is 0 Å². The molecule has 0 unspecified atom stereocenters. The van der Waals surface area contributed by atoms with Gasteiger partial charge < -0.3 is 9.64 Å². The molecule has 0 aliphatic heterocycles. The third-order valence-corrected chi connectivity index (χ3v) is 2.06. The van der Waals surface area contributed by atoms with Crippen molar-refractivity contribution in [1.29, 1.82) is 0 Å². The van der Waals surface area contributed by atoms with E-state index in [1.165, 1.54) is 0 Å². The number of hydrogen-bond donors (Lipinski definition) is 0. The summed E-state index contributed by atoms with van der Waals surface area (Å²) >= 11 is 0. The van der Waals surface area contributed by atoms with Crippen molar-refractivity contribution < 1.29 is 9.53 Å². The molecule has 3 heteroatoms. The van der Waals surface area contributed by atoms with Crippen LogP contribution in [0.3, 0.4) is 0 Å². The SMILES string of the molecule is CC(=O)CCOc1cccc(N(C)C)c1. The average Bonchev–Trinajstić information content (AvgIpc) is 2.17. The molecule has 0 aliphatic carbocycles. The van der Waals surface area contributed by atoms with E-state index in [2.05, 4.69) is 0 Å². The van der Waals surface area contributed by atoms with Crippen molar-refractivity contribution in [2.45, 2.75) is 13.3 Å². The summed E-state index contributed by atoms with van der Waals surface area (Å²) in [4.78, 5) is 12.7. The number of anilines is 1. The Labute approximate surface area is 90.7 Å². The third-order valence-electron chi connectivity index (χ3n) is 2.06. The van der Waals surface area contributed by atoms with Crippen LogP contribution in [0, 0.1) is 0 Å². The Morgan fingerprint density at radius 1 is 1.40 bits per heavy atom. The molecule has 0 heterocycles. The van der Waals surface area contributed by atoms with Gasteiger partial charge in [-0.25, -0.2) is 0 Å². The molecule has 0 atom stereocenters. The first-order valence-corrected chi connectivity index (χ1v) is 4.99. The van der Waals surface area contributed by atoms with Crippen LogP contribution in [-0.4, -0.2) is 26.5 Å². The maximum atomic E-state index is 10.7. The molecule has 0 saturated carbocycles. The van der Waals surface area contributed by atoms with Crippen molar-refractivity contribution >= 4 is 11.5 Å². The van der Waals surface area contributed by atoms with E-state index in [-0.39, 0.29) is 5.78 Å². The second-order valence-corrected chi connectivity index (χ2v) is 3.69. The third kappa shape index (κ3) is 4.02. The Morgan fingerprint density at radius 2 is 2.13 bits per heavy atom. The molecule has 1 aromatic carbocycles. The summed E-state index contributed by atoms with van der Waals surface area (Å²) in [6, 6.07) is 7.81. The summed E-state index contributed by atoms with van der Waals surface area (Å²) < 4.78 is 5.46. The van der Waals surface area contributed by atoms with Gasteiger partial charge in [-0.2, -0.15) is 0 Å². The van der Waals surface area contributed by atoms with Crippen LogP contribution in [0.15, 0.2) is 24.3 Å². The molecule has 0 aromatic heterocycles. The quantitative estimate of drug-likeness (QED) is 0.740. The number of nitrogens with zero attached hydrogens (tertiary/aromatic N) is 1. The molecule has 0 N–H and O–H groups in total. The van der Waals surface area contributed by atoms with E-state index in [0.717, 1.165) is 11.4 Å². The van der Waals surface area contributed by atoms with Crippen molar-refractivity contribution in [3.8, 4) is 5.75 Å². The number of hydrogen-bond acceptors (Lipinski definition) is 3. The summed E-state index contributed by atoms with van der Waals surface area (Å²) in [5, 5.41) is 0. The maximum absolute atomic E-state index is 10.7. The molecule has 0 radical (unpaired) electrons. The zero-order chi connectivity index (χ0) is 11.3. The Hall–Kier alpha value is -1.51. The first-order chi connectivity index (χ1) is 7.09. The van der Waals surface area contributed by atoms with Crippen molar-refractivity contribution in [2.75, 3.05) is 25.6 Å². The highest BCUT2D eigenvalue weighted by Crippen LogP contribution is 2.19. The number of carbonyl (C=O) groups excluding carboxylic acids is 1. The van der Waals surface area contributed by atoms with E-state index in [1.807, 2.05) is 43.3 Å². The fraction of sp³-hybridized carbons (Fsp3) is 0.417. The number of carbonyl (C=O) groups is 1. The first kappa shape index (κ1) is 11.6. The Kier molecular flexibility index (Phi) is 4.16. The van der Waals surface area contributed by atoms with Crippen molar-refractivity contribution in [3.63, 3.8) is 0 Å². The van der Waals surface area contributed by atoms with Crippen molar-refractivity contribution in [3.05, 3.63) is 24.3 Å². The number of ketones is 1. The summed E-state index contributed by atoms with van der Waals surface area (Å²) in [5.74, 6) is 0.959. The van der Waals surface area contributed by atoms with Gasteiger partial charge in [-0.15, -0.1) is 0 Å². The largest absolute Gasteiger partial charge is 0.493 e. The lowest BCUT2D eigenvalue weighted by atomic mass is 10.3.